The third-order valence-corrected chi connectivity index (χ3v) is 6.36. The van der Waals surface area contributed by atoms with Crippen LogP contribution in [0.4, 0.5) is 8.78 Å². The van der Waals surface area contributed by atoms with Crippen LogP contribution in [-0.2, 0) is 16.1 Å². The van der Waals surface area contributed by atoms with Gasteiger partial charge in [0.1, 0.15) is 23.1 Å². The minimum atomic E-state index is -0.494. The van der Waals surface area contributed by atoms with E-state index in [0.29, 0.717) is 18.7 Å². The largest absolute Gasteiger partial charge is 0.460 e. The van der Waals surface area contributed by atoms with Crippen molar-refractivity contribution in [3.05, 3.63) is 77.8 Å². The van der Waals surface area contributed by atoms with Gasteiger partial charge in [0.15, 0.2) is 0 Å². The topological polar surface area (TPSA) is 44.1 Å². The van der Waals surface area contributed by atoms with Gasteiger partial charge in [-0.25, -0.2) is 13.8 Å². The van der Waals surface area contributed by atoms with Crippen LogP contribution in [0.3, 0.4) is 0 Å². The summed E-state index contributed by atoms with van der Waals surface area (Å²) in [5.74, 6) is -0.204. The molecule has 2 aromatic carbocycles. The highest BCUT2D eigenvalue weighted by atomic mass is 19.1. The fourth-order valence-electron chi connectivity index (χ4n) is 4.58. The number of rotatable bonds is 10. The molecule has 3 rings (SSSR count). The average Bonchev–Trinajstić information content (AvgIpc) is 3.19. The van der Waals surface area contributed by atoms with Crippen LogP contribution in [0.5, 0.6) is 0 Å². The molecular formula is C31H40F2N2O2. The van der Waals surface area contributed by atoms with Crippen molar-refractivity contribution < 1.29 is 18.3 Å². The second-order valence-electron chi connectivity index (χ2n) is 11.8. The van der Waals surface area contributed by atoms with E-state index in [1.165, 1.54) is 6.07 Å². The summed E-state index contributed by atoms with van der Waals surface area (Å²) < 4.78 is 36.1. The van der Waals surface area contributed by atoms with Gasteiger partial charge in [0, 0.05) is 30.6 Å². The fraction of sp³-hybridized carbons (Fsp3) is 0.484. The number of carbonyl (C=O) groups is 1. The van der Waals surface area contributed by atoms with E-state index in [1.807, 2.05) is 45.2 Å². The van der Waals surface area contributed by atoms with Crippen LogP contribution in [0.25, 0.3) is 11.3 Å². The minimum absolute atomic E-state index is 0.0862. The molecule has 0 radical (unpaired) electrons. The van der Waals surface area contributed by atoms with Crippen molar-refractivity contribution in [1.82, 2.24) is 9.55 Å². The molecule has 3 aromatic rings. The zero-order valence-electron chi connectivity index (χ0n) is 23.0. The van der Waals surface area contributed by atoms with Crippen LogP contribution in [0, 0.1) is 17.0 Å². The Morgan fingerprint density at radius 2 is 1.68 bits per heavy atom. The summed E-state index contributed by atoms with van der Waals surface area (Å²) in [5, 5.41) is 0. The average molecular weight is 511 g/mol. The van der Waals surface area contributed by atoms with Crippen molar-refractivity contribution in [3.63, 3.8) is 0 Å². The monoisotopic (exact) mass is 510 g/mol. The summed E-state index contributed by atoms with van der Waals surface area (Å²) >= 11 is 0. The number of hydrogen-bond acceptors (Lipinski definition) is 3. The summed E-state index contributed by atoms with van der Waals surface area (Å²) in [6.07, 6.45) is 5.70. The summed E-state index contributed by atoms with van der Waals surface area (Å²) in [6.45, 7) is 12.8. The number of aromatic nitrogens is 2. The number of unbranched alkanes of at least 4 members (excludes halogenated alkanes) is 2. The molecular weight excluding hydrogens is 470 g/mol. The van der Waals surface area contributed by atoms with Crippen molar-refractivity contribution in [2.24, 2.45) is 5.41 Å². The summed E-state index contributed by atoms with van der Waals surface area (Å²) in [7, 11) is 0. The molecule has 4 nitrogen and oxygen atoms in total. The van der Waals surface area contributed by atoms with Crippen LogP contribution >= 0.6 is 0 Å². The lowest BCUT2D eigenvalue weighted by Gasteiger charge is -2.31. The lowest BCUT2D eigenvalue weighted by molar-refractivity contribution is -0.154. The third kappa shape index (κ3) is 8.51. The van der Waals surface area contributed by atoms with Gasteiger partial charge in [-0.2, -0.15) is 0 Å². The molecule has 37 heavy (non-hydrogen) atoms. The van der Waals surface area contributed by atoms with Crippen molar-refractivity contribution in [3.8, 4) is 11.3 Å². The second-order valence-corrected chi connectivity index (χ2v) is 11.8. The maximum Gasteiger partial charge on any atom is 0.306 e. The molecule has 6 heteroatoms. The van der Waals surface area contributed by atoms with E-state index < -0.39 is 17.2 Å². The van der Waals surface area contributed by atoms with E-state index in [9.17, 15) is 13.6 Å². The molecule has 0 aliphatic carbocycles. The number of halogens is 2. The van der Waals surface area contributed by atoms with E-state index in [2.05, 4.69) is 37.5 Å². The van der Waals surface area contributed by atoms with Gasteiger partial charge in [0.25, 0.3) is 0 Å². The summed E-state index contributed by atoms with van der Waals surface area (Å²) in [4.78, 5) is 16.9. The smallest absolute Gasteiger partial charge is 0.306 e. The first kappa shape index (κ1) is 28.5. The molecule has 1 heterocycles. The van der Waals surface area contributed by atoms with Crippen molar-refractivity contribution in [1.29, 1.82) is 0 Å². The van der Waals surface area contributed by atoms with E-state index in [1.54, 1.807) is 0 Å². The molecule has 0 unspecified atom stereocenters. The van der Waals surface area contributed by atoms with Crippen LogP contribution in [0.2, 0.25) is 0 Å². The Balaban J connectivity index is 1.83. The number of hydrogen-bond donors (Lipinski definition) is 0. The molecule has 1 aromatic heterocycles. The number of esters is 1. The van der Waals surface area contributed by atoms with Gasteiger partial charge in [0.05, 0.1) is 5.69 Å². The van der Waals surface area contributed by atoms with Crippen molar-refractivity contribution in [2.45, 2.75) is 91.7 Å². The highest BCUT2D eigenvalue weighted by molar-refractivity contribution is 5.69. The van der Waals surface area contributed by atoms with E-state index in [0.717, 1.165) is 49.2 Å². The fourth-order valence-corrected chi connectivity index (χ4v) is 4.58. The molecule has 0 saturated carbocycles. The van der Waals surface area contributed by atoms with Gasteiger partial charge in [-0.3, -0.25) is 4.79 Å². The van der Waals surface area contributed by atoms with Gasteiger partial charge < -0.3 is 9.30 Å². The first-order valence-corrected chi connectivity index (χ1v) is 13.1. The highest BCUT2D eigenvalue weighted by Gasteiger charge is 2.31. The predicted octanol–water partition coefficient (Wildman–Crippen LogP) is 8.30. The maximum absolute atomic E-state index is 14.7. The number of ether oxygens (including phenoxy) is 1. The molecule has 0 aliphatic rings. The molecule has 200 valence electrons. The van der Waals surface area contributed by atoms with Crippen LogP contribution < -0.4 is 0 Å². The zero-order chi connectivity index (χ0) is 27.2. The van der Waals surface area contributed by atoms with E-state index in [-0.39, 0.29) is 22.9 Å². The number of nitrogens with zero attached hydrogens (tertiary/aromatic N) is 2. The Morgan fingerprint density at radius 1 is 0.973 bits per heavy atom. The first-order valence-electron chi connectivity index (χ1n) is 13.1. The van der Waals surface area contributed by atoms with E-state index in [4.69, 9.17) is 9.72 Å². The Morgan fingerprint density at radius 3 is 2.32 bits per heavy atom. The molecule has 0 aliphatic heterocycles. The lowest BCUT2D eigenvalue weighted by atomic mass is 9.77. The van der Waals surface area contributed by atoms with Gasteiger partial charge in [-0.05, 0) is 62.8 Å². The maximum atomic E-state index is 14.7. The number of carbonyl (C=O) groups excluding carboxylic acids is 1. The zero-order valence-corrected chi connectivity index (χ0v) is 23.0. The molecule has 0 bridgehead atoms. The van der Waals surface area contributed by atoms with E-state index >= 15 is 0 Å². The minimum Gasteiger partial charge on any atom is -0.460 e. The van der Waals surface area contributed by atoms with Gasteiger partial charge in [0.2, 0.25) is 0 Å². The molecule has 0 spiro atoms. The Labute approximate surface area is 220 Å². The molecule has 0 N–H and O–H groups in total. The second kappa shape index (κ2) is 12.0. The van der Waals surface area contributed by atoms with Crippen LogP contribution in [-0.4, -0.2) is 21.1 Å². The van der Waals surface area contributed by atoms with Gasteiger partial charge in [-0.15, -0.1) is 0 Å². The normalized spacial score (nSPS) is 13.0. The number of imidazole rings is 1. The van der Waals surface area contributed by atoms with Gasteiger partial charge >= 0.3 is 5.97 Å². The van der Waals surface area contributed by atoms with Crippen LogP contribution in [0.1, 0.15) is 91.0 Å². The number of benzene rings is 2. The highest BCUT2D eigenvalue weighted by Crippen LogP contribution is 2.40. The molecule has 1 atom stereocenters. The first-order chi connectivity index (χ1) is 17.3. The predicted molar refractivity (Wildman–Crippen MR) is 144 cm³/mol. The molecule has 0 saturated heterocycles. The lowest BCUT2D eigenvalue weighted by Crippen LogP contribution is -2.23. The Hall–Kier alpha value is -3.02. The summed E-state index contributed by atoms with van der Waals surface area (Å²) in [6, 6.07) is 13.5. The Bertz CT molecular complexity index is 1170. The molecule has 0 amide bonds. The standard InChI is InChI=1S/C31H40F2N2O2/c1-30(2,3)25(15-11-8-12-16-28(36)37-31(4,5)6)29-34-27(24-19-23(32)17-18-26(24)33)21-35(29)20-22-13-9-7-10-14-22/h7,9-10,13-14,17-19,21,25H,8,11-12,15-16,20H2,1-6H3/t25-/m0/s1. The van der Waals surface area contributed by atoms with Crippen LogP contribution in [0.15, 0.2) is 54.7 Å². The SMILES string of the molecule is CC(C)(C)OC(=O)CCCCC[C@@H](c1nc(-c2cc(F)ccc2F)cn1Cc1ccccc1)C(C)(C)C. The Kier molecular flexibility index (Phi) is 9.27. The quantitative estimate of drug-likeness (QED) is 0.204. The summed E-state index contributed by atoms with van der Waals surface area (Å²) in [5.41, 5.74) is 1.13. The molecule has 0 fully saturated rings. The third-order valence-electron chi connectivity index (χ3n) is 6.36. The van der Waals surface area contributed by atoms with Crippen molar-refractivity contribution in [2.75, 3.05) is 0 Å². The van der Waals surface area contributed by atoms with Crippen molar-refractivity contribution >= 4 is 5.97 Å². The van der Waals surface area contributed by atoms with Gasteiger partial charge in [-0.1, -0.05) is 63.9 Å².